The van der Waals surface area contributed by atoms with E-state index in [2.05, 4.69) is 36.3 Å². The smallest absolute Gasteiger partial charge is 0.317 e. The molecular formula is C16H27N5O3. The Morgan fingerprint density at radius 2 is 2.21 bits per heavy atom. The highest BCUT2D eigenvalue weighted by Gasteiger charge is 2.58. The number of nitrogens with one attached hydrogen (secondary N) is 1. The lowest BCUT2D eigenvalue weighted by molar-refractivity contribution is -0.178. The lowest BCUT2D eigenvalue weighted by atomic mass is 9.56. The van der Waals surface area contributed by atoms with Crippen molar-refractivity contribution < 1.29 is 14.3 Å². The topological polar surface area (TPSA) is 81.5 Å². The molecule has 1 N–H and O–H groups in total. The van der Waals surface area contributed by atoms with Gasteiger partial charge in [0.25, 0.3) is 0 Å². The van der Waals surface area contributed by atoms with E-state index < -0.39 is 0 Å². The number of carbonyl (C=O) groups excluding carboxylic acids is 1. The molecule has 134 valence electrons. The summed E-state index contributed by atoms with van der Waals surface area (Å²) in [5, 5.41) is 11.1. The summed E-state index contributed by atoms with van der Waals surface area (Å²) < 4.78 is 13.2. The van der Waals surface area contributed by atoms with Crippen molar-refractivity contribution in [1.29, 1.82) is 0 Å². The second kappa shape index (κ2) is 6.00. The van der Waals surface area contributed by atoms with Gasteiger partial charge in [-0.2, -0.15) is 0 Å². The van der Waals surface area contributed by atoms with Crippen molar-refractivity contribution in [3.05, 3.63) is 12.2 Å². The summed E-state index contributed by atoms with van der Waals surface area (Å²) in [5.74, 6) is 0.739. The summed E-state index contributed by atoms with van der Waals surface area (Å²) in [7, 11) is 3.60. The lowest BCUT2D eigenvalue weighted by Crippen LogP contribution is -2.69. The van der Waals surface area contributed by atoms with Gasteiger partial charge in [-0.15, -0.1) is 10.2 Å². The maximum atomic E-state index is 12.7. The van der Waals surface area contributed by atoms with E-state index in [9.17, 15) is 4.79 Å². The number of ether oxygens (including phenoxy) is 2. The first-order valence-electron chi connectivity index (χ1n) is 8.34. The molecule has 3 atom stereocenters. The highest BCUT2D eigenvalue weighted by Crippen LogP contribution is 2.51. The van der Waals surface area contributed by atoms with E-state index in [0.717, 1.165) is 12.2 Å². The number of nitrogens with zero attached hydrogens (tertiary/aromatic N) is 4. The van der Waals surface area contributed by atoms with Gasteiger partial charge in [0.15, 0.2) is 5.82 Å². The summed E-state index contributed by atoms with van der Waals surface area (Å²) in [4.78, 5) is 14.5. The van der Waals surface area contributed by atoms with Crippen LogP contribution in [0.25, 0.3) is 0 Å². The SMILES string of the molecule is CO[C@]1(C)C[C@@H](NC(=O)N2CCO[C@@H](c3nncn3C)C2)C1(C)C. The largest absolute Gasteiger partial charge is 0.378 e. The fraction of sp³-hybridized carbons (Fsp3) is 0.812. The third-order valence-corrected chi connectivity index (χ3v) is 5.96. The predicted octanol–water partition coefficient (Wildman–Crippen LogP) is 1.10. The van der Waals surface area contributed by atoms with E-state index in [0.29, 0.717) is 19.7 Å². The van der Waals surface area contributed by atoms with Crippen molar-refractivity contribution >= 4 is 6.03 Å². The Balaban J connectivity index is 1.61. The van der Waals surface area contributed by atoms with Crippen LogP contribution in [0.3, 0.4) is 0 Å². The molecular weight excluding hydrogens is 310 g/mol. The molecule has 0 radical (unpaired) electrons. The minimum atomic E-state index is -0.240. The molecule has 3 rings (SSSR count). The lowest BCUT2D eigenvalue weighted by Gasteiger charge is -2.59. The quantitative estimate of drug-likeness (QED) is 0.893. The van der Waals surface area contributed by atoms with Gasteiger partial charge < -0.3 is 24.3 Å². The Bertz CT molecular complexity index is 617. The van der Waals surface area contributed by atoms with Crippen LogP contribution in [0, 0.1) is 5.41 Å². The minimum absolute atomic E-state index is 0.0540. The van der Waals surface area contributed by atoms with Crippen molar-refractivity contribution in [3.8, 4) is 0 Å². The van der Waals surface area contributed by atoms with Crippen LogP contribution in [0.4, 0.5) is 4.79 Å². The summed E-state index contributed by atoms with van der Waals surface area (Å²) in [5.41, 5.74) is -0.302. The van der Waals surface area contributed by atoms with Crippen LogP contribution >= 0.6 is 0 Å². The van der Waals surface area contributed by atoms with Gasteiger partial charge in [0.2, 0.25) is 0 Å². The molecule has 1 saturated carbocycles. The second-order valence-corrected chi connectivity index (χ2v) is 7.47. The van der Waals surface area contributed by atoms with Crippen LogP contribution < -0.4 is 5.32 Å². The molecule has 8 heteroatoms. The van der Waals surface area contributed by atoms with Crippen molar-refractivity contribution in [1.82, 2.24) is 25.0 Å². The molecule has 1 aliphatic heterocycles. The molecule has 1 aromatic rings. The summed E-state index contributed by atoms with van der Waals surface area (Å²) in [6.07, 6.45) is 2.22. The number of hydrogen-bond acceptors (Lipinski definition) is 5. The average molecular weight is 337 g/mol. The molecule has 1 aliphatic carbocycles. The van der Waals surface area contributed by atoms with Crippen LogP contribution in [0.2, 0.25) is 0 Å². The number of rotatable bonds is 3. The van der Waals surface area contributed by atoms with E-state index in [1.807, 2.05) is 11.6 Å². The number of aryl methyl sites for hydroxylation is 1. The summed E-state index contributed by atoms with van der Waals surface area (Å²) in [6.45, 7) is 7.91. The van der Waals surface area contributed by atoms with Gasteiger partial charge >= 0.3 is 6.03 Å². The monoisotopic (exact) mass is 337 g/mol. The maximum absolute atomic E-state index is 12.7. The first-order valence-corrected chi connectivity index (χ1v) is 8.34. The van der Waals surface area contributed by atoms with E-state index >= 15 is 0 Å². The molecule has 0 bridgehead atoms. The third-order valence-electron chi connectivity index (χ3n) is 5.96. The van der Waals surface area contributed by atoms with Crippen molar-refractivity contribution in [2.75, 3.05) is 26.8 Å². The van der Waals surface area contributed by atoms with E-state index in [4.69, 9.17) is 9.47 Å². The third kappa shape index (κ3) is 2.67. The van der Waals surface area contributed by atoms with Gasteiger partial charge in [-0.1, -0.05) is 13.8 Å². The van der Waals surface area contributed by atoms with Gasteiger partial charge in [0, 0.05) is 32.2 Å². The summed E-state index contributed by atoms with van der Waals surface area (Å²) >= 11 is 0. The Kier molecular flexibility index (Phi) is 4.29. The molecule has 8 nitrogen and oxygen atoms in total. The molecule has 2 aliphatic rings. The highest BCUT2D eigenvalue weighted by atomic mass is 16.5. The first-order chi connectivity index (χ1) is 11.3. The molecule has 1 saturated heterocycles. The van der Waals surface area contributed by atoms with Gasteiger partial charge in [-0.3, -0.25) is 0 Å². The Morgan fingerprint density at radius 1 is 1.46 bits per heavy atom. The van der Waals surface area contributed by atoms with Gasteiger partial charge in [-0.05, 0) is 13.3 Å². The Morgan fingerprint density at radius 3 is 2.79 bits per heavy atom. The second-order valence-electron chi connectivity index (χ2n) is 7.47. The minimum Gasteiger partial charge on any atom is -0.378 e. The van der Waals surface area contributed by atoms with Crippen LogP contribution in [0.5, 0.6) is 0 Å². The molecule has 2 heterocycles. The molecule has 2 fully saturated rings. The number of urea groups is 1. The standard InChI is InChI=1S/C16H27N5O3/c1-15(2)12(8-16(15,3)23-5)18-14(22)21-6-7-24-11(9-21)13-19-17-10-20(13)4/h10-12H,6-9H2,1-5H3,(H,18,22)/t11-,12-,16-/m1/s1. The molecule has 0 aromatic carbocycles. The van der Waals surface area contributed by atoms with Crippen LogP contribution in [0.15, 0.2) is 6.33 Å². The number of aromatic nitrogens is 3. The van der Waals surface area contributed by atoms with E-state index in [1.165, 1.54) is 0 Å². The molecule has 0 spiro atoms. The average Bonchev–Trinajstić information content (AvgIpc) is 3.00. The Labute approximate surface area is 142 Å². The van der Waals surface area contributed by atoms with Gasteiger partial charge in [0.05, 0.1) is 18.8 Å². The normalized spacial score (nSPS) is 32.3. The fourth-order valence-corrected chi connectivity index (χ4v) is 3.54. The first kappa shape index (κ1) is 17.2. The number of carbonyl (C=O) groups is 1. The van der Waals surface area contributed by atoms with Crippen molar-refractivity contribution in [3.63, 3.8) is 0 Å². The molecule has 1 aromatic heterocycles. The van der Waals surface area contributed by atoms with Gasteiger partial charge in [-0.25, -0.2) is 4.79 Å². The number of hydrogen-bond donors (Lipinski definition) is 1. The van der Waals surface area contributed by atoms with E-state index in [-0.39, 0.29) is 29.2 Å². The van der Waals surface area contributed by atoms with Crippen LogP contribution in [0.1, 0.15) is 39.1 Å². The number of morpholine rings is 1. The zero-order chi connectivity index (χ0) is 17.5. The Hall–Kier alpha value is -1.67. The summed E-state index contributed by atoms with van der Waals surface area (Å²) in [6, 6.07) is 0.0489. The fourth-order valence-electron chi connectivity index (χ4n) is 3.54. The predicted molar refractivity (Wildman–Crippen MR) is 87.4 cm³/mol. The van der Waals surface area contributed by atoms with Crippen molar-refractivity contribution in [2.45, 2.75) is 44.9 Å². The highest BCUT2D eigenvalue weighted by molar-refractivity contribution is 5.75. The van der Waals surface area contributed by atoms with E-state index in [1.54, 1.807) is 18.3 Å². The van der Waals surface area contributed by atoms with Crippen molar-refractivity contribution in [2.24, 2.45) is 12.5 Å². The zero-order valence-electron chi connectivity index (χ0n) is 15.1. The maximum Gasteiger partial charge on any atom is 0.317 e. The molecule has 2 amide bonds. The van der Waals surface area contributed by atoms with Crippen LogP contribution in [-0.2, 0) is 16.5 Å². The van der Waals surface area contributed by atoms with Gasteiger partial charge in [0.1, 0.15) is 12.4 Å². The number of amides is 2. The van der Waals surface area contributed by atoms with Crippen LogP contribution in [-0.4, -0.2) is 64.1 Å². The molecule has 24 heavy (non-hydrogen) atoms. The molecule has 0 unspecified atom stereocenters. The zero-order valence-corrected chi connectivity index (χ0v) is 15.1. The number of methoxy groups -OCH3 is 1.